The maximum absolute atomic E-state index is 11.5. The average molecular weight is 289 g/mol. The van der Waals surface area contributed by atoms with Gasteiger partial charge >= 0.3 is 11.8 Å². The highest BCUT2D eigenvalue weighted by Gasteiger charge is 2.14. The van der Waals surface area contributed by atoms with E-state index in [1.807, 2.05) is 38.1 Å². The van der Waals surface area contributed by atoms with Gasteiger partial charge in [0.15, 0.2) is 0 Å². The number of nitrogens with one attached hydrogen (secondary N) is 2. The molecular formula is C16H23N3O2. The first-order chi connectivity index (χ1) is 9.93. The van der Waals surface area contributed by atoms with Gasteiger partial charge in [0, 0.05) is 6.04 Å². The molecule has 21 heavy (non-hydrogen) atoms. The fraction of sp³-hybridized carbons (Fsp3) is 0.438. The molecule has 0 aromatic heterocycles. The van der Waals surface area contributed by atoms with Gasteiger partial charge in [-0.1, -0.05) is 45.0 Å². The standard InChI is InChI=1S/C16H23N3O2/c1-5-12(4)18-15(20)16(21)19-17-10-13-6-8-14(9-7-13)11(2)3/h6-12H,5H2,1-4H3,(H,18,20)(H,19,21)/b17-10-/t12-/m0/s1. The second-order valence-electron chi connectivity index (χ2n) is 5.30. The average Bonchev–Trinajstić information content (AvgIpc) is 2.47. The molecular weight excluding hydrogens is 266 g/mol. The predicted octanol–water partition coefficient (Wildman–Crippen LogP) is 2.17. The van der Waals surface area contributed by atoms with E-state index in [0.29, 0.717) is 5.92 Å². The zero-order valence-corrected chi connectivity index (χ0v) is 13.0. The van der Waals surface area contributed by atoms with Crippen LogP contribution < -0.4 is 10.7 Å². The molecule has 1 aromatic carbocycles. The summed E-state index contributed by atoms with van der Waals surface area (Å²) in [6, 6.07) is 7.84. The number of amides is 2. The third kappa shape index (κ3) is 5.77. The Balaban J connectivity index is 2.50. The van der Waals surface area contributed by atoms with Crippen molar-refractivity contribution >= 4 is 18.0 Å². The summed E-state index contributed by atoms with van der Waals surface area (Å²) in [5, 5.41) is 6.36. The smallest absolute Gasteiger partial charge is 0.329 e. The van der Waals surface area contributed by atoms with E-state index in [0.717, 1.165) is 12.0 Å². The van der Waals surface area contributed by atoms with E-state index < -0.39 is 11.8 Å². The number of hydrazone groups is 1. The van der Waals surface area contributed by atoms with Gasteiger partial charge in [-0.05, 0) is 30.4 Å². The van der Waals surface area contributed by atoms with Crippen molar-refractivity contribution in [3.05, 3.63) is 35.4 Å². The fourth-order valence-electron chi connectivity index (χ4n) is 1.57. The molecule has 5 nitrogen and oxygen atoms in total. The number of hydrogen-bond acceptors (Lipinski definition) is 3. The van der Waals surface area contributed by atoms with Crippen molar-refractivity contribution in [2.75, 3.05) is 0 Å². The Hall–Kier alpha value is -2.17. The topological polar surface area (TPSA) is 70.6 Å². The van der Waals surface area contributed by atoms with Crippen molar-refractivity contribution in [2.24, 2.45) is 5.10 Å². The molecule has 1 rings (SSSR count). The highest BCUT2D eigenvalue weighted by atomic mass is 16.2. The zero-order chi connectivity index (χ0) is 15.8. The number of hydrogen-bond donors (Lipinski definition) is 2. The summed E-state index contributed by atoms with van der Waals surface area (Å²) in [6.07, 6.45) is 2.28. The van der Waals surface area contributed by atoms with Crippen LogP contribution in [0.5, 0.6) is 0 Å². The predicted molar refractivity (Wildman–Crippen MR) is 84.2 cm³/mol. The highest BCUT2D eigenvalue weighted by molar-refractivity contribution is 6.35. The minimum atomic E-state index is -0.759. The van der Waals surface area contributed by atoms with Crippen LogP contribution in [-0.4, -0.2) is 24.1 Å². The third-order valence-electron chi connectivity index (χ3n) is 3.18. The number of carbonyl (C=O) groups is 2. The van der Waals surface area contributed by atoms with E-state index in [2.05, 4.69) is 29.7 Å². The van der Waals surface area contributed by atoms with Gasteiger partial charge in [0.25, 0.3) is 0 Å². The fourth-order valence-corrected chi connectivity index (χ4v) is 1.57. The highest BCUT2D eigenvalue weighted by Crippen LogP contribution is 2.13. The lowest BCUT2D eigenvalue weighted by Crippen LogP contribution is -2.41. The van der Waals surface area contributed by atoms with Crippen LogP contribution in [0.3, 0.4) is 0 Å². The van der Waals surface area contributed by atoms with Crippen LogP contribution in [0.2, 0.25) is 0 Å². The van der Waals surface area contributed by atoms with E-state index in [-0.39, 0.29) is 6.04 Å². The van der Waals surface area contributed by atoms with Crippen LogP contribution in [0.25, 0.3) is 0 Å². The lowest BCUT2D eigenvalue weighted by molar-refractivity contribution is -0.139. The van der Waals surface area contributed by atoms with E-state index >= 15 is 0 Å². The molecule has 1 atom stereocenters. The molecule has 0 bridgehead atoms. The first-order valence-electron chi connectivity index (χ1n) is 7.17. The van der Waals surface area contributed by atoms with E-state index in [9.17, 15) is 9.59 Å². The lowest BCUT2D eigenvalue weighted by atomic mass is 10.0. The summed E-state index contributed by atoms with van der Waals surface area (Å²) < 4.78 is 0. The summed E-state index contributed by atoms with van der Waals surface area (Å²) in [7, 11) is 0. The van der Waals surface area contributed by atoms with Crippen LogP contribution >= 0.6 is 0 Å². The van der Waals surface area contributed by atoms with Gasteiger partial charge in [-0.15, -0.1) is 0 Å². The molecule has 0 aliphatic carbocycles. The van der Waals surface area contributed by atoms with Crippen molar-refractivity contribution in [1.29, 1.82) is 0 Å². The quantitative estimate of drug-likeness (QED) is 0.495. The molecule has 2 amide bonds. The van der Waals surface area contributed by atoms with E-state index in [1.165, 1.54) is 11.8 Å². The van der Waals surface area contributed by atoms with Gasteiger partial charge in [0.05, 0.1) is 6.21 Å². The Morgan fingerprint density at radius 3 is 2.29 bits per heavy atom. The molecule has 0 radical (unpaired) electrons. The molecule has 1 aromatic rings. The molecule has 0 spiro atoms. The first-order valence-corrected chi connectivity index (χ1v) is 7.17. The Morgan fingerprint density at radius 2 is 1.76 bits per heavy atom. The maximum atomic E-state index is 11.5. The van der Waals surface area contributed by atoms with Crippen LogP contribution in [-0.2, 0) is 9.59 Å². The van der Waals surface area contributed by atoms with Crippen molar-refractivity contribution < 1.29 is 9.59 Å². The summed E-state index contributed by atoms with van der Waals surface area (Å²) in [6.45, 7) is 8.02. The normalized spacial score (nSPS) is 12.4. The summed E-state index contributed by atoms with van der Waals surface area (Å²) >= 11 is 0. The first kappa shape index (κ1) is 16.9. The van der Waals surface area contributed by atoms with Crippen LogP contribution in [0, 0.1) is 0 Å². The number of carbonyl (C=O) groups excluding carboxylic acids is 2. The van der Waals surface area contributed by atoms with Gasteiger partial charge in [-0.25, -0.2) is 5.43 Å². The molecule has 5 heteroatoms. The Bertz CT molecular complexity index is 507. The number of rotatable bonds is 5. The Kier molecular flexibility index (Phi) is 6.59. The van der Waals surface area contributed by atoms with E-state index in [4.69, 9.17) is 0 Å². The largest absolute Gasteiger partial charge is 0.345 e. The third-order valence-corrected chi connectivity index (χ3v) is 3.18. The van der Waals surface area contributed by atoms with Crippen molar-refractivity contribution in [2.45, 2.75) is 46.1 Å². The Labute approximate surface area is 125 Å². The van der Waals surface area contributed by atoms with Crippen molar-refractivity contribution in [3.63, 3.8) is 0 Å². The van der Waals surface area contributed by atoms with Gasteiger partial charge in [0.1, 0.15) is 0 Å². The molecule has 114 valence electrons. The molecule has 0 unspecified atom stereocenters. The van der Waals surface area contributed by atoms with Crippen LogP contribution in [0.4, 0.5) is 0 Å². The molecule has 0 aliphatic rings. The number of nitrogens with zero attached hydrogens (tertiary/aromatic N) is 1. The Morgan fingerprint density at radius 1 is 1.14 bits per heavy atom. The van der Waals surface area contributed by atoms with E-state index in [1.54, 1.807) is 0 Å². The monoisotopic (exact) mass is 289 g/mol. The van der Waals surface area contributed by atoms with Gasteiger partial charge in [-0.2, -0.15) is 5.10 Å². The van der Waals surface area contributed by atoms with Crippen molar-refractivity contribution in [1.82, 2.24) is 10.7 Å². The molecule has 0 saturated heterocycles. The molecule has 0 heterocycles. The molecule has 0 aliphatic heterocycles. The van der Waals surface area contributed by atoms with Gasteiger partial charge in [-0.3, -0.25) is 9.59 Å². The van der Waals surface area contributed by atoms with Gasteiger partial charge < -0.3 is 5.32 Å². The summed E-state index contributed by atoms with van der Waals surface area (Å²) in [5.41, 5.74) is 4.32. The molecule has 0 fully saturated rings. The summed E-state index contributed by atoms with van der Waals surface area (Å²) in [5.74, 6) is -0.957. The molecule has 0 saturated carbocycles. The van der Waals surface area contributed by atoms with Crippen LogP contribution in [0.1, 0.15) is 51.2 Å². The minimum Gasteiger partial charge on any atom is -0.345 e. The van der Waals surface area contributed by atoms with Crippen molar-refractivity contribution in [3.8, 4) is 0 Å². The molecule has 2 N–H and O–H groups in total. The summed E-state index contributed by atoms with van der Waals surface area (Å²) in [4.78, 5) is 23.0. The SMILES string of the molecule is CC[C@H](C)NC(=O)C(=O)N/N=C\c1ccc(C(C)C)cc1. The lowest BCUT2D eigenvalue weighted by Gasteiger charge is -2.09. The zero-order valence-electron chi connectivity index (χ0n) is 13.0. The second-order valence-corrected chi connectivity index (χ2v) is 5.30. The van der Waals surface area contributed by atoms with Gasteiger partial charge in [0.2, 0.25) is 0 Å². The minimum absolute atomic E-state index is 0.0317. The maximum Gasteiger partial charge on any atom is 0.329 e. The number of benzene rings is 1. The van der Waals surface area contributed by atoms with Crippen LogP contribution in [0.15, 0.2) is 29.4 Å². The second kappa shape index (κ2) is 8.19.